The van der Waals surface area contributed by atoms with Gasteiger partial charge in [0.15, 0.2) is 0 Å². The van der Waals surface area contributed by atoms with E-state index in [0.29, 0.717) is 15.1 Å². The lowest BCUT2D eigenvalue weighted by atomic mass is 10.1. The van der Waals surface area contributed by atoms with Gasteiger partial charge in [0.05, 0.1) is 10.6 Å². The summed E-state index contributed by atoms with van der Waals surface area (Å²) in [5.41, 5.74) is 2.19. The van der Waals surface area contributed by atoms with Crippen molar-refractivity contribution in [2.45, 2.75) is 6.92 Å². The van der Waals surface area contributed by atoms with Crippen LogP contribution in [0.4, 0.5) is 5.69 Å². The van der Waals surface area contributed by atoms with E-state index < -0.39 is 0 Å². The van der Waals surface area contributed by atoms with Crippen LogP contribution in [0.25, 0.3) is 0 Å². The Morgan fingerprint density at radius 1 is 1.21 bits per heavy atom. The summed E-state index contributed by atoms with van der Waals surface area (Å²) in [6, 6.07) is 11.0. The van der Waals surface area contributed by atoms with Gasteiger partial charge >= 0.3 is 0 Å². The number of benzene rings is 2. The molecule has 0 saturated carbocycles. The fourth-order valence-corrected chi connectivity index (χ4v) is 2.54. The molecule has 0 aliphatic heterocycles. The Labute approximate surface area is 133 Å². The van der Waals surface area contributed by atoms with Crippen LogP contribution in [0.3, 0.4) is 0 Å². The summed E-state index contributed by atoms with van der Waals surface area (Å²) >= 11 is 12.8. The molecule has 0 aliphatic carbocycles. The SMILES string of the molecule is Cc1ccc(Br)cc1NC(=O)c1cccc(Br)c1Cl. The first kappa shape index (κ1) is 14.6. The molecule has 0 unspecified atom stereocenters. The van der Waals surface area contributed by atoms with E-state index in [-0.39, 0.29) is 5.91 Å². The number of anilines is 1. The molecule has 0 bridgehead atoms. The summed E-state index contributed by atoms with van der Waals surface area (Å²) in [5.74, 6) is -0.229. The predicted octanol–water partition coefficient (Wildman–Crippen LogP) is 5.43. The summed E-state index contributed by atoms with van der Waals surface area (Å²) < 4.78 is 1.61. The van der Waals surface area contributed by atoms with E-state index in [1.54, 1.807) is 18.2 Å². The quantitative estimate of drug-likeness (QED) is 0.712. The number of halogens is 3. The largest absolute Gasteiger partial charge is 0.322 e. The molecular formula is C14H10Br2ClNO. The van der Waals surface area contributed by atoms with Gasteiger partial charge in [-0.3, -0.25) is 4.79 Å². The van der Waals surface area contributed by atoms with Crippen molar-refractivity contribution >= 4 is 55.1 Å². The average Bonchev–Trinajstić information content (AvgIpc) is 2.37. The monoisotopic (exact) mass is 401 g/mol. The fourth-order valence-electron chi connectivity index (χ4n) is 1.60. The first-order valence-corrected chi connectivity index (χ1v) is 7.47. The highest BCUT2D eigenvalue weighted by molar-refractivity contribution is 9.10. The van der Waals surface area contributed by atoms with E-state index in [4.69, 9.17) is 11.6 Å². The van der Waals surface area contributed by atoms with Crippen LogP contribution in [0.2, 0.25) is 5.02 Å². The van der Waals surface area contributed by atoms with Gasteiger partial charge in [-0.1, -0.05) is 39.7 Å². The average molecular weight is 404 g/mol. The molecule has 0 aromatic heterocycles. The Balaban J connectivity index is 2.31. The highest BCUT2D eigenvalue weighted by Crippen LogP contribution is 2.27. The van der Waals surface area contributed by atoms with E-state index in [1.807, 2.05) is 25.1 Å². The summed E-state index contributed by atoms with van der Waals surface area (Å²) in [5, 5.41) is 3.27. The number of hydrogen-bond acceptors (Lipinski definition) is 1. The van der Waals surface area contributed by atoms with Gasteiger partial charge in [0.1, 0.15) is 0 Å². The van der Waals surface area contributed by atoms with Crippen molar-refractivity contribution in [2.24, 2.45) is 0 Å². The number of rotatable bonds is 2. The Bertz CT molecular complexity index is 643. The molecule has 2 rings (SSSR count). The second-order valence-electron chi connectivity index (χ2n) is 4.01. The van der Waals surface area contributed by atoms with E-state index in [0.717, 1.165) is 15.7 Å². The van der Waals surface area contributed by atoms with Crippen LogP contribution < -0.4 is 5.32 Å². The van der Waals surface area contributed by atoms with Gasteiger partial charge < -0.3 is 5.32 Å². The van der Waals surface area contributed by atoms with E-state index in [1.165, 1.54) is 0 Å². The molecule has 0 heterocycles. The summed E-state index contributed by atoms with van der Waals surface area (Å²) in [6.45, 7) is 1.94. The summed E-state index contributed by atoms with van der Waals surface area (Å²) in [4.78, 5) is 12.2. The maximum Gasteiger partial charge on any atom is 0.257 e. The van der Waals surface area contributed by atoms with Gasteiger partial charge in [-0.05, 0) is 52.7 Å². The van der Waals surface area contributed by atoms with Crippen LogP contribution in [0, 0.1) is 6.92 Å². The predicted molar refractivity (Wildman–Crippen MR) is 86.0 cm³/mol. The third-order valence-electron chi connectivity index (χ3n) is 2.64. The van der Waals surface area contributed by atoms with Crippen LogP contribution >= 0.6 is 43.5 Å². The van der Waals surface area contributed by atoms with Gasteiger partial charge in [-0.15, -0.1) is 0 Å². The van der Waals surface area contributed by atoms with Gasteiger partial charge in [0, 0.05) is 14.6 Å². The van der Waals surface area contributed by atoms with Crippen LogP contribution in [0.1, 0.15) is 15.9 Å². The minimum atomic E-state index is -0.229. The molecule has 0 fully saturated rings. The van der Waals surface area contributed by atoms with Crippen LogP contribution in [0.5, 0.6) is 0 Å². The van der Waals surface area contributed by atoms with Crippen molar-refractivity contribution in [3.8, 4) is 0 Å². The molecule has 1 amide bonds. The zero-order valence-corrected chi connectivity index (χ0v) is 13.9. The van der Waals surface area contributed by atoms with Gasteiger partial charge in [0.2, 0.25) is 0 Å². The number of hydrogen-bond donors (Lipinski definition) is 1. The van der Waals surface area contributed by atoms with Crippen molar-refractivity contribution in [1.82, 2.24) is 0 Å². The molecular weight excluding hydrogens is 393 g/mol. The normalized spacial score (nSPS) is 10.3. The molecule has 0 aliphatic rings. The lowest BCUT2D eigenvalue weighted by molar-refractivity contribution is 0.102. The van der Waals surface area contributed by atoms with Gasteiger partial charge in [-0.25, -0.2) is 0 Å². The maximum atomic E-state index is 12.2. The van der Waals surface area contributed by atoms with Gasteiger partial charge in [-0.2, -0.15) is 0 Å². The van der Waals surface area contributed by atoms with Crippen LogP contribution in [0.15, 0.2) is 45.3 Å². The molecule has 0 radical (unpaired) electrons. The smallest absolute Gasteiger partial charge is 0.257 e. The zero-order chi connectivity index (χ0) is 14.0. The minimum absolute atomic E-state index is 0.229. The molecule has 2 aromatic rings. The second kappa shape index (κ2) is 6.07. The molecule has 0 atom stereocenters. The Hall–Kier alpha value is -0.840. The highest BCUT2D eigenvalue weighted by atomic mass is 79.9. The number of carbonyl (C=O) groups is 1. The Morgan fingerprint density at radius 2 is 1.95 bits per heavy atom. The second-order valence-corrected chi connectivity index (χ2v) is 6.16. The van der Waals surface area contributed by atoms with Gasteiger partial charge in [0.25, 0.3) is 5.91 Å². The summed E-state index contributed by atoms with van der Waals surface area (Å²) in [7, 11) is 0. The molecule has 1 N–H and O–H groups in total. The molecule has 19 heavy (non-hydrogen) atoms. The standard InChI is InChI=1S/C14H10Br2ClNO/c1-8-5-6-9(15)7-12(8)18-14(19)10-3-2-4-11(16)13(10)17/h2-7H,1H3,(H,18,19). The van der Waals surface area contributed by atoms with E-state index in [9.17, 15) is 4.79 Å². The first-order chi connectivity index (χ1) is 8.99. The van der Waals surface area contributed by atoms with E-state index >= 15 is 0 Å². The van der Waals surface area contributed by atoms with Crippen molar-refractivity contribution in [1.29, 1.82) is 0 Å². The number of nitrogens with one attached hydrogen (secondary N) is 1. The first-order valence-electron chi connectivity index (χ1n) is 5.50. The molecule has 2 nitrogen and oxygen atoms in total. The summed E-state index contributed by atoms with van der Waals surface area (Å²) in [6.07, 6.45) is 0. The lowest BCUT2D eigenvalue weighted by Crippen LogP contribution is -2.13. The van der Waals surface area contributed by atoms with Crippen molar-refractivity contribution in [2.75, 3.05) is 5.32 Å². The number of amides is 1. The Morgan fingerprint density at radius 3 is 2.68 bits per heavy atom. The zero-order valence-electron chi connectivity index (χ0n) is 10.0. The third kappa shape index (κ3) is 3.38. The topological polar surface area (TPSA) is 29.1 Å². The lowest BCUT2D eigenvalue weighted by Gasteiger charge is -2.10. The number of aryl methyl sites for hydroxylation is 1. The maximum absolute atomic E-state index is 12.2. The molecule has 2 aromatic carbocycles. The molecule has 98 valence electrons. The molecule has 5 heteroatoms. The van der Waals surface area contributed by atoms with Crippen molar-refractivity contribution in [3.05, 3.63) is 61.5 Å². The van der Waals surface area contributed by atoms with Crippen molar-refractivity contribution < 1.29 is 4.79 Å². The third-order valence-corrected chi connectivity index (χ3v) is 4.43. The highest BCUT2D eigenvalue weighted by Gasteiger charge is 2.13. The fraction of sp³-hybridized carbons (Fsp3) is 0.0714. The van der Waals surface area contributed by atoms with Crippen LogP contribution in [-0.2, 0) is 0 Å². The minimum Gasteiger partial charge on any atom is -0.322 e. The molecule has 0 spiro atoms. The molecule has 0 saturated heterocycles. The van der Waals surface area contributed by atoms with E-state index in [2.05, 4.69) is 37.2 Å². The number of carbonyl (C=O) groups excluding carboxylic acids is 1. The van der Waals surface area contributed by atoms with Crippen molar-refractivity contribution in [3.63, 3.8) is 0 Å². The van der Waals surface area contributed by atoms with Crippen LogP contribution in [-0.4, -0.2) is 5.91 Å². The Kier molecular flexibility index (Phi) is 4.66.